The van der Waals surface area contributed by atoms with Gasteiger partial charge < -0.3 is 4.74 Å². The molecule has 1 aromatic carbocycles. The van der Waals surface area contributed by atoms with Crippen LogP contribution in [-0.4, -0.2) is 45.4 Å². The van der Waals surface area contributed by atoms with Gasteiger partial charge in [-0.3, -0.25) is 4.90 Å². The first-order valence-corrected chi connectivity index (χ1v) is 8.12. The fourth-order valence-electron chi connectivity index (χ4n) is 3.14. The van der Waals surface area contributed by atoms with Gasteiger partial charge in [0.2, 0.25) is 0 Å². The number of nitrogens with zero attached hydrogens (tertiary/aromatic N) is 4. The third-order valence-corrected chi connectivity index (χ3v) is 4.31. The molecule has 2 aromatic rings. The molecule has 1 aliphatic heterocycles. The zero-order valence-corrected chi connectivity index (χ0v) is 13.7. The van der Waals surface area contributed by atoms with Crippen molar-refractivity contribution < 1.29 is 9.13 Å². The molecule has 0 amide bonds. The van der Waals surface area contributed by atoms with E-state index in [1.807, 2.05) is 18.5 Å². The molecule has 3 rings (SSSR count). The number of benzene rings is 1. The van der Waals surface area contributed by atoms with Crippen LogP contribution in [0.1, 0.15) is 24.5 Å². The van der Waals surface area contributed by atoms with Crippen LogP contribution in [0.4, 0.5) is 4.39 Å². The zero-order chi connectivity index (χ0) is 16.2. The molecule has 0 radical (unpaired) electrons. The van der Waals surface area contributed by atoms with E-state index in [1.165, 1.54) is 25.0 Å². The van der Waals surface area contributed by atoms with E-state index in [0.717, 1.165) is 31.3 Å². The number of likely N-dealkylation sites (tertiary alicyclic amines) is 1. The van der Waals surface area contributed by atoms with Crippen LogP contribution in [0.15, 0.2) is 24.3 Å². The number of aromatic nitrogens is 3. The summed E-state index contributed by atoms with van der Waals surface area (Å²) < 4.78 is 20.6. The first-order valence-electron chi connectivity index (χ1n) is 8.12. The predicted octanol–water partition coefficient (Wildman–Crippen LogP) is 2.58. The molecule has 0 unspecified atom stereocenters. The molecule has 0 N–H and O–H groups in total. The average molecular weight is 318 g/mol. The van der Waals surface area contributed by atoms with Crippen LogP contribution < -0.4 is 4.74 Å². The number of halogens is 1. The number of rotatable bonds is 6. The van der Waals surface area contributed by atoms with Gasteiger partial charge in [-0.1, -0.05) is 0 Å². The lowest BCUT2D eigenvalue weighted by molar-refractivity contribution is 0.181. The molecule has 1 saturated heterocycles. The Kier molecular flexibility index (Phi) is 4.91. The minimum Gasteiger partial charge on any atom is -0.492 e. The molecule has 1 aliphatic rings. The number of hydrogen-bond acceptors (Lipinski definition) is 4. The van der Waals surface area contributed by atoms with Crippen LogP contribution in [0.2, 0.25) is 0 Å². The maximum absolute atomic E-state index is 12.9. The van der Waals surface area contributed by atoms with E-state index in [1.54, 1.807) is 12.1 Å². The maximum Gasteiger partial charge on any atom is 0.147 e. The minimum absolute atomic E-state index is 0.240. The third-order valence-electron chi connectivity index (χ3n) is 4.31. The standard InChI is InChI=1S/C17H23FN4O/c1-13-19-14(2)22(20-13)12-16-4-3-9-21(16)10-11-23-17-7-5-15(18)6-8-17/h5-8,16H,3-4,9-12H2,1-2H3/t16-/m1/s1. The van der Waals surface area contributed by atoms with Gasteiger partial charge in [-0.15, -0.1) is 0 Å². The van der Waals surface area contributed by atoms with Crippen molar-refractivity contribution in [1.29, 1.82) is 0 Å². The number of aryl methyl sites for hydroxylation is 2. The third kappa shape index (κ3) is 4.07. The lowest BCUT2D eigenvalue weighted by atomic mass is 10.2. The fraction of sp³-hybridized carbons (Fsp3) is 0.529. The summed E-state index contributed by atoms with van der Waals surface area (Å²) in [5.74, 6) is 2.27. The molecular weight excluding hydrogens is 295 g/mol. The normalized spacial score (nSPS) is 18.5. The summed E-state index contributed by atoms with van der Waals surface area (Å²) >= 11 is 0. The van der Waals surface area contributed by atoms with Crippen molar-refractivity contribution in [2.45, 2.75) is 39.3 Å². The van der Waals surface area contributed by atoms with Crippen molar-refractivity contribution in [2.75, 3.05) is 19.7 Å². The van der Waals surface area contributed by atoms with Crippen molar-refractivity contribution in [3.05, 3.63) is 41.7 Å². The van der Waals surface area contributed by atoms with Crippen LogP contribution in [0.25, 0.3) is 0 Å². The SMILES string of the molecule is Cc1nc(C)n(C[C@H]2CCCN2CCOc2ccc(F)cc2)n1. The highest BCUT2D eigenvalue weighted by Crippen LogP contribution is 2.19. The van der Waals surface area contributed by atoms with Crippen LogP contribution in [0.5, 0.6) is 5.75 Å². The molecule has 0 spiro atoms. The molecule has 1 fully saturated rings. The number of hydrogen-bond donors (Lipinski definition) is 0. The van der Waals surface area contributed by atoms with Gasteiger partial charge in [-0.25, -0.2) is 14.1 Å². The van der Waals surface area contributed by atoms with Crippen LogP contribution in [-0.2, 0) is 6.54 Å². The van der Waals surface area contributed by atoms with Gasteiger partial charge in [0.15, 0.2) is 0 Å². The first-order chi connectivity index (χ1) is 11.1. The Morgan fingerprint density at radius 1 is 1.26 bits per heavy atom. The van der Waals surface area contributed by atoms with Crippen LogP contribution in [0, 0.1) is 19.7 Å². The van der Waals surface area contributed by atoms with Crippen molar-refractivity contribution in [3.8, 4) is 5.75 Å². The molecule has 0 saturated carbocycles. The highest BCUT2D eigenvalue weighted by Gasteiger charge is 2.25. The monoisotopic (exact) mass is 318 g/mol. The van der Waals surface area contributed by atoms with E-state index in [9.17, 15) is 4.39 Å². The van der Waals surface area contributed by atoms with E-state index in [0.29, 0.717) is 18.4 Å². The summed E-state index contributed by atoms with van der Waals surface area (Å²) in [7, 11) is 0. The highest BCUT2D eigenvalue weighted by atomic mass is 19.1. The summed E-state index contributed by atoms with van der Waals surface area (Å²) in [5, 5.41) is 4.46. The van der Waals surface area contributed by atoms with Gasteiger partial charge >= 0.3 is 0 Å². The van der Waals surface area contributed by atoms with Crippen LogP contribution in [0.3, 0.4) is 0 Å². The Bertz CT molecular complexity index is 641. The largest absolute Gasteiger partial charge is 0.492 e. The first kappa shape index (κ1) is 15.9. The Hall–Kier alpha value is -1.95. The Morgan fingerprint density at radius 2 is 2.04 bits per heavy atom. The molecule has 1 atom stereocenters. The average Bonchev–Trinajstić information content (AvgIpc) is 3.08. The van der Waals surface area contributed by atoms with Crippen molar-refractivity contribution in [2.24, 2.45) is 0 Å². The van der Waals surface area contributed by atoms with E-state index >= 15 is 0 Å². The smallest absolute Gasteiger partial charge is 0.147 e. The summed E-state index contributed by atoms with van der Waals surface area (Å²) in [5.41, 5.74) is 0. The Balaban J connectivity index is 1.50. The van der Waals surface area contributed by atoms with Crippen molar-refractivity contribution in [3.63, 3.8) is 0 Å². The maximum atomic E-state index is 12.9. The molecule has 0 aliphatic carbocycles. The summed E-state index contributed by atoms with van der Waals surface area (Å²) in [4.78, 5) is 6.81. The number of ether oxygens (including phenoxy) is 1. The summed E-state index contributed by atoms with van der Waals surface area (Å²) in [6.07, 6.45) is 2.38. The van der Waals surface area contributed by atoms with Crippen molar-refractivity contribution >= 4 is 0 Å². The van der Waals surface area contributed by atoms with E-state index in [4.69, 9.17) is 4.74 Å². The van der Waals surface area contributed by atoms with Gasteiger partial charge in [0.05, 0.1) is 6.54 Å². The van der Waals surface area contributed by atoms with Gasteiger partial charge in [0, 0.05) is 12.6 Å². The van der Waals surface area contributed by atoms with Crippen LogP contribution >= 0.6 is 0 Å². The molecule has 124 valence electrons. The van der Waals surface area contributed by atoms with E-state index < -0.39 is 0 Å². The molecule has 0 bridgehead atoms. The quantitative estimate of drug-likeness (QED) is 0.821. The second kappa shape index (κ2) is 7.08. The van der Waals surface area contributed by atoms with Gasteiger partial charge in [0.1, 0.15) is 29.8 Å². The van der Waals surface area contributed by atoms with Crippen molar-refractivity contribution in [1.82, 2.24) is 19.7 Å². The lowest BCUT2D eigenvalue weighted by Crippen LogP contribution is -2.36. The second-order valence-corrected chi connectivity index (χ2v) is 6.02. The molecule has 6 heteroatoms. The Labute approximate surface area is 136 Å². The van der Waals surface area contributed by atoms with Gasteiger partial charge in [-0.2, -0.15) is 5.10 Å². The molecule has 23 heavy (non-hydrogen) atoms. The van der Waals surface area contributed by atoms with E-state index in [-0.39, 0.29) is 5.82 Å². The zero-order valence-electron chi connectivity index (χ0n) is 13.7. The van der Waals surface area contributed by atoms with Gasteiger partial charge in [-0.05, 0) is 57.5 Å². The molecular formula is C17H23FN4O. The molecule has 1 aromatic heterocycles. The minimum atomic E-state index is -0.240. The molecule has 2 heterocycles. The summed E-state index contributed by atoms with van der Waals surface area (Å²) in [6, 6.07) is 6.65. The second-order valence-electron chi connectivity index (χ2n) is 6.02. The summed E-state index contributed by atoms with van der Waals surface area (Å²) in [6.45, 7) is 7.36. The predicted molar refractivity (Wildman–Crippen MR) is 86.0 cm³/mol. The van der Waals surface area contributed by atoms with E-state index in [2.05, 4.69) is 15.0 Å². The topological polar surface area (TPSA) is 43.2 Å². The fourth-order valence-corrected chi connectivity index (χ4v) is 3.14. The van der Waals surface area contributed by atoms with Gasteiger partial charge in [0.25, 0.3) is 0 Å². The lowest BCUT2D eigenvalue weighted by Gasteiger charge is -2.24. The highest BCUT2D eigenvalue weighted by molar-refractivity contribution is 5.21. The molecule has 5 nitrogen and oxygen atoms in total. The Morgan fingerprint density at radius 3 is 2.74 bits per heavy atom.